The average molecular weight is 460 g/mol. The van der Waals surface area contributed by atoms with Gasteiger partial charge in [0.2, 0.25) is 5.91 Å². The van der Waals surface area contributed by atoms with Crippen molar-refractivity contribution in [3.8, 4) is 0 Å². The lowest BCUT2D eigenvalue weighted by Gasteiger charge is -2.30. The molecule has 0 aliphatic carbocycles. The van der Waals surface area contributed by atoms with Gasteiger partial charge in [0.15, 0.2) is 0 Å². The van der Waals surface area contributed by atoms with Gasteiger partial charge in [0, 0.05) is 23.8 Å². The SMILES string of the molecule is NS(=O)c1cc(NC(=O)Cc2ccccc2Cl)cc2c1CCN(C(=O)C(F)(F)F)C2. The van der Waals surface area contributed by atoms with Crippen LogP contribution in [-0.4, -0.2) is 33.6 Å². The lowest BCUT2D eigenvalue weighted by molar-refractivity contribution is -0.186. The van der Waals surface area contributed by atoms with Crippen LogP contribution in [0.15, 0.2) is 41.3 Å². The molecule has 1 unspecified atom stereocenters. The van der Waals surface area contributed by atoms with Gasteiger partial charge in [0.25, 0.3) is 0 Å². The summed E-state index contributed by atoms with van der Waals surface area (Å²) >= 11 is 6.05. The van der Waals surface area contributed by atoms with E-state index in [-0.39, 0.29) is 36.5 Å². The number of rotatable bonds is 4. The van der Waals surface area contributed by atoms with Crippen LogP contribution in [0.3, 0.4) is 0 Å². The second-order valence-corrected chi connectivity index (χ2v) is 8.14. The van der Waals surface area contributed by atoms with Crippen LogP contribution in [0.4, 0.5) is 18.9 Å². The highest BCUT2D eigenvalue weighted by atomic mass is 35.5. The molecule has 0 bridgehead atoms. The molecule has 2 aromatic rings. The molecule has 30 heavy (non-hydrogen) atoms. The number of amides is 2. The fourth-order valence-corrected chi connectivity index (χ4v) is 4.21. The minimum absolute atomic E-state index is 0.0313. The van der Waals surface area contributed by atoms with Gasteiger partial charge in [-0.25, -0.2) is 9.35 Å². The van der Waals surface area contributed by atoms with E-state index < -0.39 is 29.0 Å². The van der Waals surface area contributed by atoms with E-state index in [9.17, 15) is 27.0 Å². The van der Waals surface area contributed by atoms with Crippen molar-refractivity contribution >= 4 is 40.1 Å². The van der Waals surface area contributed by atoms with E-state index in [1.807, 2.05) is 0 Å². The number of hydrogen-bond donors (Lipinski definition) is 2. The minimum atomic E-state index is -4.99. The van der Waals surface area contributed by atoms with E-state index in [0.29, 0.717) is 26.6 Å². The average Bonchev–Trinajstić information content (AvgIpc) is 2.67. The summed E-state index contributed by atoms with van der Waals surface area (Å²) < 4.78 is 50.3. The van der Waals surface area contributed by atoms with Gasteiger partial charge < -0.3 is 10.2 Å². The summed E-state index contributed by atoms with van der Waals surface area (Å²) in [6, 6.07) is 9.69. The Kier molecular flexibility index (Phi) is 6.49. The van der Waals surface area contributed by atoms with Gasteiger partial charge in [-0.15, -0.1) is 0 Å². The number of alkyl halides is 3. The number of nitrogens with two attached hydrogens (primary N) is 1. The third-order valence-corrected chi connectivity index (χ3v) is 5.80. The van der Waals surface area contributed by atoms with Crippen molar-refractivity contribution in [1.29, 1.82) is 0 Å². The van der Waals surface area contributed by atoms with E-state index in [1.165, 1.54) is 12.1 Å². The van der Waals surface area contributed by atoms with E-state index >= 15 is 0 Å². The Balaban J connectivity index is 1.86. The largest absolute Gasteiger partial charge is 0.471 e. The van der Waals surface area contributed by atoms with Crippen LogP contribution in [0.5, 0.6) is 0 Å². The van der Waals surface area contributed by atoms with Crippen molar-refractivity contribution in [3.05, 3.63) is 58.1 Å². The van der Waals surface area contributed by atoms with Crippen LogP contribution in [-0.2, 0) is 40.0 Å². The second-order valence-electron chi connectivity index (χ2n) is 6.70. The van der Waals surface area contributed by atoms with Crippen LogP contribution >= 0.6 is 11.6 Å². The summed E-state index contributed by atoms with van der Waals surface area (Å²) in [7, 11) is -1.92. The van der Waals surface area contributed by atoms with E-state index in [0.717, 1.165) is 0 Å². The molecule has 3 N–H and O–H groups in total. The van der Waals surface area contributed by atoms with Crippen LogP contribution in [0.2, 0.25) is 5.02 Å². The topological polar surface area (TPSA) is 92.5 Å². The van der Waals surface area contributed by atoms with Crippen LogP contribution < -0.4 is 10.5 Å². The maximum absolute atomic E-state index is 12.8. The van der Waals surface area contributed by atoms with Crippen molar-refractivity contribution < 1.29 is 27.0 Å². The molecule has 1 aliphatic heterocycles. The number of nitrogens with zero attached hydrogens (tertiary/aromatic N) is 1. The van der Waals surface area contributed by atoms with Crippen LogP contribution in [0.25, 0.3) is 0 Å². The molecule has 3 rings (SSSR count). The lowest BCUT2D eigenvalue weighted by Crippen LogP contribution is -2.44. The lowest BCUT2D eigenvalue weighted by atomic mass is 9.98. The molecular formula is C19H17ClF3N3O3S. The van der Waals surface area contributed by atoms with Gasteiger partial charge >= 0.3 is 12.1 Å². The summed E-state index contributed by atoms with van der Waals surface area (Å²) in [5.74, 6) is -2.37. The van der Waals surface area contributed by atoms with E-state index in [1.54, 1.807) is 24.3 Å². The third kappa shape index (κ3) is 5.00. The zero-order valence-corrected chi connectivity index (χ0v) is 17.0. The van der Waals surface area contributed by atoms with Gasteiger partial charge in [-0.05, 0) is 41.3 Å². The minimum Gasteiger partial charge on any atom is -0.330 e. The highest BCUT2D eigenvalue weighted by Gasteiger charge is 2.43. The monoisotopic (exact) mass is 459 g/mol. The Morgan fingerprint density at radius 1 is 1.23 bits per heavy atom. The molecule has 0 saturated heterocycles. The summed E-state index contributed by atoms with van der Waals surface area (Å²) in [5.41, 5.74) is 1.69. The normalized spacial score (nSPS) is 14.8. The molecular weight excluding hydrogens is 443 g/mol. The number of hydrogen-bond acceptors (Lipinski definition) is 3. The van der Waals surface area contributed by atoms with Gasteiger partial charge in [-0.1, -0.05) is 29.8 Å². The maximum Gasteiger partial charge on any atom is 0.471 e. The molecule has 0 spiro atoms. The standard InChI is InChI=1S/C19H17ClF3N3O3S/c20-15-4-2-1-3-11(15)8-17(27)25-13-7-12-10-26(18(28)19(21,22)23)6-5-14(12)16(9-13)30(24)29/h1-4,7,9H,5-6,8,10,24H2,(H,25,27). The Morgan fingerprint density at radius 2 is 1.93 bits per heavy atom. The molecule has 1 atom stereocenters. The number of anilines is 1. The Hall–Kier alpha value is -2.43. The number of fused-ring (bicyclic) bond motifs is 1. The smallest absolute Gasteiger partial charge is 0.330 e. The summed E-state index contributed by atoms with van der Waals surface area (Å²) in [5, 5.41) is 8.57. The number of nitrogens with one attached hydrogen (secondary N) is 1. The van der Waals surface area contributed by atoms with Gasteiger partial charge in [-0.2, -0.15) is 13.2 Å². The number of halogens is 4. The van der Waals surface area contributed by atoms with Crippen molar-refractivity contribution in [2.75, 3.05) is 11.9 Å². The molecule has 160 valence electrons. The number of carbonyl (C=O) groups is 2. The van der Waals surface area contributed by atoms with Crippen molar-refractivity contribution in [1.82, 2.24) is 4.90 Å². The quantitative estimate of drug-likeness (QED) is 0.736. The molecule has 1 aliphatic rings. The second kappa shape index (κ2) is 8.75. The number of benzene rings is 2. The van der Waals surface area contributed by atoms with E-state index in [4.69, 9.17) is 16.7 Å². The van der Waals surface area contributed by atoms with Crippen LogP contribution in [0, 0.1) is 0 Å². The fourth-order valence-electron chi connectivity index (χ4n) is 3.28. The summed E-state index contributed by atoms with van der Waals surface area (Å²) in [4.78, 5) is 24.9. The summed E-state index contributed by atoms with van der Waals surface area (Å²) in [6.45, 7) is -0.500. The van der Waals surface area contributed by atoms with Gasteiger partial charge in [0.1, 0.15) is 11.0 Å². The first-order valence-corrected chi connectivity index (χ1v) is 10.4. The Bertz CT molecular complexity index is 1030. The first kappa shape index (κ1) is 22.3. The highest BCUT2D eigenvalue weighted by Crippen LogP contribution is 2.30. The Labute approximate surface area is 177 Å². The zero-order valence-electron chi connectivity index (χ0n) is 15.5. The highest BCUT2D eigenvalue weighted by molar-refractivity contribution is 7.82. The number of carbonyl (C=O) groups excluding carboxylic acids is 2. The maximum atomic E-state index is 12.8. The summed E-state index contributed by atoms with van der Waals surface area (Å²) in [6.07, 6.45) is -4.95. The molecule has 6 nitrogen and oxygen atoms in total. The first-order chi connectivity index (χ1) is 14.1. The third-order valence-electron chi connectivity index (χ3n) is 4.63. The molecule has 1 heterocycles. The van der Waals surface area contributed by atoms with Crippen molar-refractivity contribution in [3.63, 3.8) is 0 Å². The Morgan fingerprint density at radius 3 is 2.57 bits per heavy atom. The van der Waals surface area contributed by atoms with Crippen molar-refractivity contribution in [2.24, 2.45) is 5.14 Å². The predicted molar refractivity (Wildman–Crippen MR) is 106 cm³/mol. The zero-order chi connectivity index (χ0) is 22.1. The molecule has 2 aromatic carbocycles. The molecule has 2 amide bonds. The van der Waals surface area contributed by atoms with Gasteiger partial charge in [-0.3, -0.25) is 9.59 Å². The van der Waals surface area contributed by atoms with Crippen molar-refractivity contribution in [2.45, 2.75) is 30.5 Å². The van der Waals surface area contributed by atoms with E-state index in [2.05, 4.69) is 5.32 Å². The van der Waals surface area contributed by atoms with Crippen LogP contribution in [0.1, 0.15) is 16.7 Å². The molecule has 0 saturated carbocycles. The molecule has 0 aromatic heterocycles. The molecule has 0 fully saturated rings. The first-order valence-electron chi connectivity index (χ1n) is 8.77. The predicted octanol–water partition coefficient (Wildman–Crippen LogP) is 2.95. The molecule has 11 heteroatoms. The fraction of sp³-hybridized carbons (Fsp3) is 0.263. The molecule has 0 radical (unpaired) electrons. The van der Waals surface area contributed by atoms with Gasteiger partial charge in [0.05, 0.1) is 11.3 Å².